The van der Waals surface area contributed by atoms with Gasteiger partial charge in [0, 0.05) is 52.4 Å². The van der Waals surface area contributed by atoms with Crippen molar-refractivity contribution in [3.05, 3.63) is 48.7 Å². The van der Waals surface area contributed by atoms with Gasteiger partial charge in [-0.05, 0) is 36.9 Å². The lowest BCUT2D eigenvalue weighted by Crippen LogP contribution is -2.44. The second-order valence-corrected chi connectivity index (χ2v) is 16.4. The van der Waals surface area contributed by atoms with E-state index in [4.69, 9.17) is 24.4 Å². The van der Waals surface area contributed by atoms with E-state index >= 15 is 0 Å². The molecule has 38 heavy (non-hydrogen) atoms. The minimum atomic E-state index is -1.18. The van der Waals surface area contributed by atoms with Gasteiger partial charge in [-0.2, -0.15) is 0 Å². The van der Waals surface area contributed by atoms with Gasteiger partial charge in [-0.3, -0.25) is 9.55 Å². The highest BCUT2D eigenvalue weighted by Crippen LogP contribution is 2.25. The van der Waals surface area contributed by atoms with Crippen LogP contribution in [0.5, 0.6) is 0 Å². The zero-order chi connectivity index (χ0) is 26.7. The Morgan fingerprint density at radius 1 is 1.18 bits per heavy atom. The molecular formula is C27H34N8O2Si. The van der Waals surface area contributed by atoms with Crippen LogP contribution >= 0.6 is 0 Å². The van der Waals surface area contributed by atoms with Crippen molar-refractivity contribution in [1.29, 1.82) is 0 Å². The Balaban J connectivity index is 1.49. The van der Waals surface area contributed by atoms with Gasteiger partial charge in [-0.25, -0.2) is 19.9 Å². The summed E-state index contributed by atoms with van der Waals surface area (Å²) >= 11 is 0. The molecule has 0 aliphatic carbocycles. The van der Waals surface area contributed by atoms with E-state index in [0.717, 1.165) is 40.8 Å². The third-order valence-electron chi connectivity index (χ3n) is 6.43. The third-order valence-corrected chi connectivity index (χ3v) is 8.13. The predicted octanol–water partition coefficient (Wildman–Crippen LogP) is 3.56. The smallest absolute Gasteiger partial charge is 0.209 e. The van der Waals surface area contributed by atoms with E-state index in [0.29, 0.717) is 38.2 Å². The van der Waals surface area contributed by atoms with E-state index in [9.17, 15) is 0 Å². The first-order valence-electron chi connectivity index (χ1n) is 12.9. The summed E-state index contributed by atoms with van der Waals surface area (Å²) < 4.78 is 15.5. The second-order valence-electron chi connectivity index (χ2n) is 10.8. The Bertz CT molecular complexity index is 1470. The molecule has 0 bridgehead atoms. The number of pyridine rings is 1. The number of ether oxygens (including phenoxy) is 2. The van der Waals surface area contributed by atoms with Crippen LogP contribution in [-0.2, 0) is 23.3 Å². The highest BCUT2D eigenvalue weighted by molar-refractivity contribution is 6.76. The number of aromatic nitrogens is 7. The lowest BCUT2D eigenvalue weighted by molar-refractivity contribution is 0.0866. The molecule has 5 heterocycles. The highest BCUT2D eigenvalue weighted by Gasteiger charge is 2.24. The van der Waals surface area contributed by atoms with Gasteiger partial charge >= 0.3 is 0 Å². The molecule has 198 valence electrons. The fourth-order valence-corrected chi connectivity index (χ4v) is 4.97. The topological polar surface area (TPSA) is 96.0 Å². The van der Waals surface area contributed by atoms with Crippen molar-refractivity contribution in [2.75, 3.05) is 31.3 Å². The van der Waals surface area contributed by atoms with Crippen LogP contribution in [0.25, 0.3) is 22.4 Å². The van der Waals surface area contributed by atoms with Crippen molar-refractivity contribution in [3.8, 4) is 23.1 Å². The minimum Gasteiger partial charge on any atom is -0.377 e. The summed E-state index contributed by atoms with van der Waals surface area (Å²) in [7, 11) is 0.744. The lowest BCUT2D eigenvalue weighted by atomic mass is 10.2. The van der Waals surface area contributed by atoms with E-state index < -0.39 is 8.07 Å². The summed E-state index contributed by atoms with van der Waals surface area (Å²) in [6, 6.07) is 5.16. The summed E-state index contributed by atoms with van der Waals surface area (Å²) in [5, 5.41) is 0. The molecule has 0 N–H and O–H groups in total. The van der Waals surface area contributed by atoms with Gasteiger partial charge in [0.25, 0.3) is 0 Å². The van der Waals surface area contributed by atoms with Crippen molar-refractivity contribution in [1.82, 2.24) is 34.1 Å². The fourth-order valence-electron chi connectivity index (χ4n) is 4.21. The molecule has 0 saturated carbocycles. The average Bonchev–Trinajstić information content (AvgIpc) is 3.49. The minimum absolute atomic E-state index is 0.180. The highest BCUT2D eigenvalue weighted by atomic mass is 28.3. The lowest BCUT2D eigenvalue weighted by Gasteiger charge is -2.34. The number of anilines is 1. The Morgan fingerprint density at radius 2 is 2.05 bits per heavy atom. The van der Waals surface area contributed by atoms with Gasteiger partial charge in [0.2, 0.25) is 5.82 Å². The normalized spacial score (nSPS) is 16.0. The molecule has 0 spiro atoms. The number of hydrogen-bond acceptors (Lipinski definition) is 8. The van der Waals surface area contributed by atoms with E-state index in [-0.39, 0.29) is 6.04 Å². The SMILES string of the molecule is C[C@@H]1COCCN1c1nc(C#Cc2nc(-c3cccnc3)cn2COCC[Si](C)(C)C)nc2c1ncn2C. The van der Waals surface area contributed by atoms with Gasteiger partial charge in [0.05, 0.1) is 31.3 Å². The van der Waals surface area contributed by atoms with Gasteiger partial charge in [0.15, 0.2) is 22.8 Å². The van der Waals surface area contributed by atoms with Crippen LogP contribution in [0.1, 0.15) is 18.6 Å². The zero-order valence-corrected chi connectivity index (χ0v) is 23.7. The maximum atomic E-state index is 6.02. The zero-order valence-electron chi connectivity index (χ0n) is 22.7. The van der Waals surface area contributed by atoms with Crippen LogP contribution in [0.2, 0.25) is 25.7 Å². The molecular weight excluding hydrogens is 496 g/mol. The molecule has 1 aliphatic heterocycles. The maximum absolute atomic E-state index is 6.02. The van der Waals surface area contributed by atoms with E-state index in [1.165, 1.54) is 0 Å². The van der Waals surface area contributed by atoms with E-state index in [2.05, 4.69) is 53.3 Å². The van der Waals surface area contributed by atoms with E-state index in [1.807, 2.05) is 34.5 Å². The molecule has 5 rings (SSSR count). The second kappa shape index (κ2) is 11.0. The standard InChI is InChI=1S/C27H34N8O2Si/c1-20-17-36-12-11-35(20)27-25-26(33(2)18-29-25)31-23(32-27)8-9-24-30-22(21-7-6-10-28-15-21)16-34(24)19-37-13-14-38(3,4)5/h6-7,10,15-16,18,20H,11-14,17,19H2,1-5H3/t20-/m1/s1. The van der Waals surface area contributed by atoms with Crippen LogP contribution in [0.3, 0.4) is 0 Å². The first-order chi connectivity index (χ1) is 18.3. The monoisotopic (exact) mass is 530 g/mol. The molecule has 0 amide bonds. The molecule has 0 radical (unpaired) electrons. The molecule has 1 atom stereocenters. The summed E-state index contributed by atoms with van der Waals surface area (Å²) in [6.07, 6.45) is 7.27. The molecule has 10 nitrogen and oxygen atoms in total. The van der Waals surface area contributed by atoms with Gasteiger partial charge < -0.3 is 18.9 Å². The van der Waals surface area contributed by atoms with Crippen molar-refractivity contribution < 1.29 is 9.47 Å². The summed E-state index contributed by atoms with van der Waals surface area (Å²) in [6.45, 7) is 12.3. The van der Waals surface area contributed by atoms with Crippen LogP contribution in [0.15, 0.2) is 37.1 Å². The Morgan fingerprint density at radius 3 is 2.82 bits per heavy atom. The maximum Gasteiger partial charge on any atom is 0.209 e. The number of imidazole rings is 2. The van der Waals surface area contributed by atoms with Crippen LogP contribution < -0.4 is 4.90 Å². The van der Waals surface area contributed by atoms with Gasteiger partial charge in [-0.1, -0.05) is 19.6 Å². The number of morpholine rings is 1. The summed E-state index contributed by atoms with van der Waals surface area (Å²) in [5.41, 5.74) is 3.23. The largest absolute Gasteiger partial charge is 0.377 e. The molecule has 0 unspecified atom stereocenters. The Hall–Kier alpha value is -3.59. The van der Waals surface area contributed by atoms with Crippen molar-refractivity contribution in [2.24, 2.45) is 7.05 Å². The number of rotatable bonds is 7. The fraction of sp³-hybridized carbons (Fsp3) is 0.444. The molecule has 4 aromatic rings. The Kier molecular flexibility index (Phi) is 7.55. The van der Waals surface area contributed by atoms with Gasteiger partial charge in [0.1, 0.15) is 6.73 Å². The Labute approximate surface area is 224 Å². The van der Waals surface area contributed by atoms with Crippen LogP contribution in [0.4, 0.5) is 5.82 Å². The number of hydrogen-bond donors (Lipinski definition) is 0. The van der Waals surface area contributed by atoms with Crippen molar-refractivity contribution in [3.63, 3.8) is 0 Å². The third kappa shape index (κ3) is 5.93. The molecule has 4 aromatic heterocycles. The number of nitrogens with zero attached hydrogens (tertiary/aromatic N) is 8. The molecule has 11 heteroatoms. The quantitative estimate of drug-likeness (QED) is 0.203. The molecule has 1 aliphatic rings. The first-order valence-corrected chi connectivity index (χ1v) is 16.6. The predicted molar refractivity (Wildman–Crippen MR) is 149 cm³/mol. The van der Waals surface area contributed by atoms with E-state index in [1.54, 1.807) is 18.7 Å². The van der Waals surface area contributed by atoms with Crippen molar-refractivity contribution in [2.45, 2.75) is 45.4 Å². The summed E-state index contributed by atoms with van der Waals surface area (Å²) in [4.78, 5) is 25.4. The van der Waals surface area contributed by atoms with Crippen LogP contribution in [0, 0.1) is 11.8 Å². The van der Waals surface area contributed by atoms with Crippen molar-refractivity contribution >= 4 is 25.1 Å². The average molecular weight is 531 g/mol. The number of aryl methyl sites for hydroxylation is 1. The first kappa shape index (κ1) is 26.0. The number of fused-ring (bicyclic) bond motifs is 1. The summed E-state index contributed by atoms with van der Waals surface area (Å²) in [5.74, 6) is 8.17. The molecule has 0 aromatic carbocycles. The molecule has 1 saturated heterocycles. The van der Waals surface area contributed by atoms with Crippen LogP contribution in [-0.4, -0.2) is 74.5 Å². The molecule has 1 fully saturated rings. The van der Waals surface area contributed by atoms with Gasteiger partial charge in [-0.15, -0.1) is 0 Å².